The second-order valence-electron chi connectivity index (χ2n) is 13.9. The van der Waals surface area contributed by atoms with E-state index in [2.05, 4.69) is 121 Å². The van der Waals surface area contributed by atoms with Crippen LogP contribution in [0.4, 0.5) is 0 Å². The Bertz CT molecular complexity index is 3180. The third kappa shape index (κ3) is 5.48. The Morgan fingerprint density at radius 3 is 1.68 bits per heavy atom. The van der Waals surface area contributed by atoms with Crippen LogP contribution in [0.5, 0.6) is 0 Å². The fraction of sp³-hybridized carbons (Fsp3) is 0. The van der Waals surface area contributed by atoms with Gasteiger partial charge >= 0.3 is 0 Å². The summed E-state index contributed by atoms with van der Waals surface area (Å²) in [7, 11) is 0. The standard InChI is InChI=1S/C51H31N3OS/c1-4-14-32(15-5-1)35-20-12-21-36(30-35)38-28-29-39(47-46(38)42-22-10-11-25-44(42)55-47)37-26-27-40-41-23-13-24-43(48(41)56-45(40)31-37)51-53-49(33-16-6-2-7-17-33)52-50(54-51)34-18-8-3-9-19-34/h1-31H. The van der Waals surface area contributed by atoms with E-state index < -0.39 is 0 Å². The smallest absolute Gasteiger partial charge is 0.165 e. The number of hydrogen-bond donors (Lipinski definition) is 0. The Morgan fingerprint density at radius 2 is 0.929 bits per heavy atom. The maximum absolute atomic E-state index is 6.74. The van der Waals surface area contributed by atoms with Gasteiger partial charge in [-0.25, -0.2) is 15.0 Å². The Kier molecular flexibility index (Phi) is 7.64. The first-order valence-electron chi connectivity index (χ1n) is 18.7. The summed E-state index contributed by atoms with van der Waals surface area (Å²) in [6.45, 7) is 0. The summed E-state index contributed by atoms with van der Waals surface area (Å²) in [6, 6.07) is 65.6. The molecule has 0 unspecified atom stereocenters. The normalized spacial score (nSPS) is 11.6. The van der Waals surface area contributed by atoms with Crippen molar-refractivity contribution in [2.45, 2.75) is 0 Å². The molecule has 56 heavy (non-hydrogen) atoms. The van der Waals surface area contributed by atoms with Gasteiger partial charge < -0.3 is 4.42 Å². The lowest BCUT2D eigenvalue weighted by molar-refractivity contribution is 0.670. The quantitative estimate of drug-likeness (QED) is 0.171. The second-order valence-corrected chi connectivity index (χ2v) is 15.0. The van der Waals surface area contributed by atoms with E-state index in [0.29, 0.717) is 17.5 Å². The van der Waals surface area contributed by atoms with Crippen molar-refractivity contribution >= 4 is 53.4 Å². The number of nitrogens with zero attached hydrogens (tertiary/aromatic N) is 3. The molecule has 3 aromatic heterocycles. The lowest BCUT2D eigenvalue weighted by Crippen LogP contribution is -2.00. The molecule has 0 aliphatic carbocycles. The molecule has 0 spiro atoms. The topological polar surface area (TPSA) is 51.8 Å². The number of rotatable bonds is 6. The summed E-state index contributed by atoms with van der Waals surface area (Å²) < 4.78 is 9.07. The first-order valence-corrected chi connectivity index (χ1v) is 19.5. The molecule has 0 aliphatic rings. The van der Waals surface area contributed by atoms with Gasteiger partial charge in [-0.3, -0.25) is 0 Å². The van der Waals surface area contributed by atoms with Crippen molar-refractivity contribution < 1.29 is 4.42 Å². The van der Waals surface area contributed by atoms with Gasteiger partial charge in [0.15, 0.2) is 17.5 Å². The highest BCUT2D eigenvalue weighted by molar-refractivity contribution is 7.26. The first-order chi connectivity index (χ1) is 27.7. The molecule has 0 saturated heterocycles. The molecule has 0 atom stereocenters. The largest absolute Gasteiger partial charge is 0.455 e. The predicted octanol–water partition coefficient (Wildman–Crippen LogP) is 14.1. The molecule has 262 valence electrons. The van der Waals surface area contributed by atoms with Gasteiger partial charge in [-0.2, -0.15) is 0 Å². The third-order valence-corrected chi connectivity index (χ3v) is 11.8. The molecular weight excluding hydrogens is 703 g/mol. The van der Waals surface area contributed by atoms with Crippen LogP contribution >= 0.6 is 11.3 Å². The van der Waals surface area contributed by atoms with Crippen LogP contribution in [-0.4, -0.2) is 15.0 Å². The van der Waals surface area contributed by atoms with Crippen molar-refractivity contribution in [3.05, 3.63) is 188 Å². The van der Waals surface area contributed by atoms with Gasteiger partial charge in [0.1, 0.15) is 11.2 Å². The van der Waals surface area contributed by atoms with Gasteiger partial charge in [-0.1, -0.05) is 158 Å². The van der Waals surface area contributed by atoms with E-state index in [-0.39, 0.29) is 0 Å². The van der Waals surface area contributed by atoms with Gasteiger partial charge in [0, 0.05) is 53.2 Å². The molecular formula is C51H31N3OS. The molecule has 5 heteroatoms. The Morgan fingerprint density at radius 1 is 0.357 bits per heavy atom. The molecule has 0 fully saturated rings. The highest BCUT2D eigenvalue weighted by Gasteiger charge is 2.20. The highest BCUT2D eigenvalue weighted by atomic mass is 32.1. The van der Waals surface area contributed by atoms with Crippen molar-refractivity contribution in [1.29, 1.82) is 0 Å². The maximum atomic E-state index is 6.74. The van der Waals surface area contributed by atoms with E-state index in [1.807, 2.05) is 66.7 Å². The minimum absolute atomic E-state index is 0.653. The van der Waals surface area contributed by atoms with Crippen molar-refractivity contribution in [2.24, 2.45) is 0 Å². The van der Waals surface area contributed by atoms with Crippen LogP contribution in [0, 0.1) is 0 Å². The fourth-order valence-corrected chi connectivity index (χ4v) is 9.11. The van der Waals surface area contributed by atoms with E-state index in [1.54, 1.807) is 11.3 Å². The SMILES string of the molecule is c1ccc(-c2cccc(-c3ccc(-c4ccc5c(c4)sc4c(-c6nc(-c7ccccc7)nc(-c7ccccc7)n6)cccc45)c4oc5ccccc5c34)c2)cc1. The van der Waals surface area contributed by atoms with Crippen LogP contribution in [0.3, 0.4) is 0 Å². The molecule has 0 bridgehead atoms. The number of fused-ring (bicyclic) bond motifs is 6. The van der Waals surface area contributed by atoms with E-state index >= 15 is 0 Å². The lowest BCUT2D eigenvalue weighted by atomic mass is 9.93. The van der Waals surface area contributed by atoms with E-state index in [0.717, 1.165) is 65.6 Å². The average Bonchev–Trinajstić information content (AvgIpc) is 3.86. The molecule has 0 amide bonds. The van der Waals surface area contributed by atoms with Crippen LogP contribution in [0.1, 0.15) is 0 Å². The minimum atomic E-state index is 0.653. The number of thiophene rings is 1. The number of hydrogen-bond acceptors (Lipinski definition) is 5. The number of para-hydroxylation sites is 1. The Balaban J connectivity index is 1.06. The average molecular weight is 734 g/mol. The van der Waals surface area contributed by atoms with Crippen LogP contribution in [-0.2, 0) is 0 Å². The molecule has 11 aromatic rings. The zero-order chi connectivity index (χ0) is 37.0. The van der Waals surface area contributed by atoms with Crippen LogP contribution in [0.2, 0.25) is 0 Å². The number of aromatic nitrogens is 3. The van der Waals surface area contributed by atoms with Crippen LogP contribution in [0.25, 0.3) is 110 Å². The minimum Gasteiger partial charge on any atom is -0.455 e. The third-order valence-electron chi connectivity index (χ3n) is 10.6. The molecule has 0 saturated carbocycles. The van der Waals surface area contributed by atoms with E-state index in [9.17, 15) is 0 Å². The summed E-state index contributed by atoms with van der Waals surface area (Å²) in [6.07, 6.45) is 0. The summed E-state index contributed by atoms with van der Waals surface area (Å²) in [5, 5.41) is 4.62. The fourth-order valence-electron chi connectivity index (χ4n) is 7.86. The number of furan rings is 1. The summed E-state index contributed by atoms with van der Waals surface area (Å²) in [5.74, 6) is 1.96. The van der Waals surface area contributed by atoms with Crippen molar-refractivity contribution in [3.63, 3.8) is 0 Å². The molecule has 0 radical (unpaired) electrons. The van der Waals surface area contributed by atoms with Crippen molar-refractivity contribution in [3.8, 4) is 67.5 Å². The van der Waals surface area contributed by atoms with Gasteiger partial charge in [0.25, 0.3) is 0 Å². The Hall–Kier alpha value is -7.21. The van der Waals surface area contributed by atoms with E-state index in [4.69, 9.17) is 19.4 Å². The highest BCUT2D eigenvalue weighted by Crippen LogP contribution is 2.45. The van der Waals surface area contributed by atoms with Crippen LogP contribution in [0.15, 0.2) is 192 Å². The van der Waals surface area contributed by atoms with Crippen LogP contribution < -0.4 is 0 Å². The second kappa shape index (κ2) is 13.3. The lowest BCUT2D eigenvalue weighted by Gasteiger charge is -2.10. The van der Waals surface area contributed by atoms with Gasteiger partial charge in [-0.05, 0) is 58.1 Å². The predicted molar refractivity (Wildman–Crippen MR) is 233 cm³/mol. The molecule has 11 rings (SSSR count). The van der Waals surface area contributed by atoms with Crippen molar-refractivity contribution in [1.82, 2.24) is 15.0 Å². The number of benzene rings is 8. The van der Waals surface area contributed by atoms with Crippen molar-refractivity contribution in [2.75, 3.05) is 0 Å². The maximum Gasteiger partial charge on any atom is 0.165 e. The summed E-state index contributed by atoms with van der Waals surface area (Å²) in [5.41, 5.74) is 11.5. The Labute approximate surface area is 327 Å². The molecule has 3 heterocycles. The zero-order valence-electron chi connectivity index (χ0n) is 30.1. The molecule has 4 nitrogen and oxygen atoms in total. The molecule has 8 aromatic carbocycles. The summed E-state index contributed by atoms with van der Waals surface area (Å²) >= 11 is 1.77. The van der Waals surface area contributed by atoms with Gasteiger partial charge in [-0.15, -0.1) is 11.3 Å². The van der Waals surface area contributed by atoms with E-state index in [1.165, 1.54) is 26.6 Å². The summed E-state index contributed by atoms with van der Waals surface area (Å²) in [4.78, 5) is 15.1. The molecule has 0 aliphatic heterocycles. The zero-order valence-corrected chi connectivity index (χ0v) is 30.9. The van der Waals surface area contributed by atoms with Gasteiger partial charge in [0.2, 0.25) is 0 Å². The molecule has 0 N–H and O–H groups in total. The monoisotopic (exact) mass is 733 g/mol. The van der Waals surface area contributed by atoms with Gasteiger partial charge in [0.05, 0.1) is 0 Å². The first kappa shape index (κ1) is 32.2.